The van der Waals surface area contributed by atoms with Gasteiger partial charge in [-0.25, -0.2) is 14.4 Å². The molecular weight excluding hydrogens is 433 g/mol. The maximum atomic E-state index is 15.4. The molecule has 2 saturated heterocycles. The number of hydrogen-bond donors (Lipinski definition) is 2. The highest BCUT2D eigenvalue weighted by Crippen LogP contribution is 2.49. The Labute approximate surface area is 198 Å². The van der Waals surface area contributed by atoms with Crippen LogP contribution in [-0.4, -0.2) is 49.6 Å². The van der Waals surface area contributed by atoms with Gasteiger partial charge in [0, 0.05) is 23.4 Å². The Morgan fingerprint density at radius 2 is 1.94 bits per heavy atom. The molecule has 0 aliphatic carbocycles. The lowest BCUT2D eigenvalue weighted by molar-refractivity contribution is 0.138. The summed E-state index contributed by atoms with van der Waals surface area (Å²) in [5.74, 6) is 1.15. The van der Waals surface area contributed by atoms with Crippen LogP contribution < -0.4 is 10.1 Å². The highest BCUT2D eigenvalue weighted by molar-refractivity contribution is 5.74. The zero-order valence-corrected chi connectivity index (χ0v) is 19.7. The van der Waals surface area contributed by atoms with E-state index in [0.29, 0.717) is 35.0 Å². The molecule has 0 saturated carbocycles. The zero-order chi connectivity index (χ0) is 24.1. The van der Waals surface area contributed by atoms with Crippen LogP contribution in [0.1, 0.15) is 39.4 Å². The van der Waals surface area contributed by atoms with Crippen LogP contribution in [0, 0.1) is 5.92 Å². The number of pyridine rings is 1. The van der Waals surface area contributed by atoms with Gasteiger partial charge in [-0.3, -0.25) is 0 Å². The summed E-state index contributed by atoms with van der Waals surface area (Å²) in [7, 11) is 1.56. The first-order valence-electron chi connectivity index (χ1n) is 11.4. The molecule has 2 fully saturated rings. The van der Waals surface area contributed by atoms with E-state index >= 15 is 4.39 Å². The zero-order valence-electron chi connectivity index (χ0n) is 19.7. The van der Waals surface area contributed by atoms with Crippen molar-refractivity contribution in [1.29, 1.82) is 0 Å². The fourth-order valence-electron chi connectivity index (χ4n) is 5.46. The minimum absolute atomic E-state index is 0.0593. The Morgan fingerprint density at radius 3 is 2.65 bits per heavy atom. The van der Waals surface area contributed by atoms with Gasteiger partial charge in [0.1, 0.15) is 17.6 Å². The van der Waals surface area contributed by atoms with Gasteiger partial charge in [0.2, 0.25) is 5.88 Å². The predicted molar refractivity (Wildman–Crippen MR) is 128 cm³/mol. The number of fused-ring (bicyclic) bond motifs is 2. The molecule has 8 heteroatoms. The Bertz CT molecular complexity index is 1260. The molecule has 34 heavy (non-hydrogen) atoms. The molecule has 2 aliphatic heterocycles. The third-order valence-electron chi connectivity index (χ3n) is 7.24. The molecule has 3 aromatic rings. The molecule has 0 amide bonds. The van der Waals surface area contributed by atoms with Crippen molar-refractivity contribution in [2.24, 2.45) is 5.92 Å². The second-order valence-corrected chi connectivity index (χ2v) is 9.85. The van der Waals surface area contributed by atoms with E-state index in [2.05, 4.69) is 39.3 Å². The maximum absolute atomic E-state index is 15.4. The van der Waals surface area contributed by atoms with Gasteiger partial charge < -0.3 is 15.2 Å². The third-order valence-corrected chi connectivity index (χ3v) is 7.24. The van der Waals surface area contributed by atoms with E-state index in [4.69, 9.17) is 4.74 Å². The highest BCUT2D eigenvalue weighted by Gasteiger charge is 2.57. The second kappa shape index (κ2) is 8.13. The molecule has 4 heterocycles. The summed E-state index contributed by atoms with van der Waals surface area (Å²) in [6.45, 7) is 6.20. The number of benzene rings is 1. The van der Waals surface area contributed by atoms with Gasteiger partial charge in [0.05, 0.1) is 18.8 Å². The molecule has 0 radical (unpaired) electrons. The van der Waals surface area contributed by atoms with Crippen molar-refractivity contribution in [2.45, 2.75) is 50.9 Å². The molecule has 2 aliphatic rings. The number of nitrogens with one attached hydrogen (secondary N) is 1. The summed E-state index contributed by atoms with van der Waals surface area (Å²) in [5.41, 5.74) is 2.63. The number of piperidine rings is 1. The lowest BCUT2D eigenvalue weighted by Gasteiger charge is -2.42. The van der Waals surface area contributed by atoms with E-state index in [1.165, 1.54) is 0 Å². The fraction of sp³-hybridized carbons (Fsp3) is 0.385. The Kier molecular flexibility index (Phi) is 5.36. The van der Waals surface area contributed by atoms with Gasteiger partial charge >= 0.3 is 0 Å². The molecule has 1 aromatic carbocycles. The smallest absolute Gasteiger partial charge is 0.213 e. The van der Waals surface area contributed by atoms with Crippen LogP contribution in [-0.2, 0) is 0 Å². The number of nitrogens with zero attached hydrogens (tertiary/aromatic N) is 4. The van der Waals surface area contributed by atoms with E-state index in [9.17, 15) is 5.11 Å². The number of rotatable bonds is 4. The van der Waals surface area contributed by atoms with Crippen LogP contribution in [0.4, 0.5) is 4.39 Å². The van der Waals surface area contributed by atoms with Crippen molar-refractivity contribution >= 4 is 6.08 Å². The molecular formula is C26H28FN5O2. The van der Waals surface area contributed by atoms with E-state index in [0.717, 1.165) is 17.5 Å². The van der Waals surface area contributed by atoms with Gasteiger partial charge in [-0.1, -0.05) is 13.0 Å². The molecule has 5 rings (SSSR count). The number of phenols is 1. The van der Waals surface area contributed by atoms with E-state index < -0.39 is 11.7 Å². The standard InChI is InChI=1S/C26H28FN5O2/c1-15-12-25(2)13-18(24(27)26(15,3)32-25)10-22-29-14-20(30-31-22)19-6-5-16(9-21(19)33)17-7-8-28-23(11-17)34-4/h5-11,14-15,24,32-33H,12-13H2,1-4H3/b18-10+/t15?,24-,25-,26+/m1/s1. The molecule has 176 valence electrons. The molecule has 0 spiro atoms. The molecule has 2 aromatic heterocycles. The summed E-state index contributed by atoms with van der Waals surface area (Å²) in [5, 5.41) is 22.6. The third kappa shape index (κ3) is 3.81. The first-order chi connectivity index (χ1) is 16.2. The summed E-state index contributed by atoms with van der Waals surface area (Å²) >= 11 is 0. The summed E-state index contributed by atoms with van der Waals surface area (Å²) in [4.78, 5) is 8.50. The van der Waals surface area contributed by atoms with Crippen molar-refractivity contribution in [3.8, 4) is 34.0 Å². The van der Waals surface area contributed by atoms with Crippen molar-refractivity contribution in [3.63, 3.8) is 0 Å². The summed E-state index contributed by atoms with van der Waals surface area (Å²) in [6.07, 6.45) is 5.36. The van der Waals surface area contributed by atoms with Gasteiger partial charge in [-0.05, 0) is 73.6 Å². The number of alkyl halides is 1. The molecule has 7 nitrogen and oxygen atoms in total. The van der Waals surface area contributed by atoms with Gasteiger partial charge in [-0.15, -0.1) is 10.2 Å². The SMILES string of the molecule is COc1cc(-c2ccc(-c3cnc(/C=C4\C[C@@]5(C)CC(C)[C@](C)(N5)[C@@H]4F)nn3)c(O)c2)ccn1. The van der Waals surface area contributed by atoms with Gasteiger partial charge in [0.15, 0.2) is 5.82 Å². The second-order valence-electron chi connectivity index (χ2n) is 9.85. The first-order valence-corrected chi connectivity index (χ1v) is 11.4. The maximum Gasteiger partial charge on any atom is 0.213 e. The molecule has 2 bridgehead atoms. The average Bonchev–Trinajstić information content (AvgIpc) is 3.03. The topological polar surface area (TPSA) is 93.0 Å². The minimum Gasteiger partial charge on any atom is -0.507 e. The average molecular weight is 462 g/mol. The van der Waals surface area contributed by atoms with Crippen LogP contribution in [0.3, 0.4) is 0 Å². The minimum atomic E-state index is -1.11. The van der Waals surface area contributed by atoms with Crippen molar-refractivity contribution in [1.82, 2.24) is 25.5 Å². The highest BCUT2D eigenvalue weighted by atomic mass is 19.1. The van der Waals surface area contributed by atoms with Crippen molar-refractivity contribution < 1.29 is 14.2 Å². The number of ether oxygens (including phenoxy) is 1. The summed E-state index contributed by atoms with van der Waals surface area (Å²) < 4.78 is 20.6. The number of methoxy groups -OCH3 is 1. The Hall–Kier alpha value is -3.39. The van der Waals surface area contributed by atoms with E-state index in [-0.39, 0.29) is 17.2 Å². The largest absolute Gasteiger partial charge is 0.507 e. The van der Waals surface area contributed by atoms with Crippen LogP contribution in [0.25, 0.3) is 28.5 Å². The monoisotopic (exact) mass is 461 g/mol. The van der Waals surface area contributed by atoms with Crippen LogP contribution in [0.15, 0.2) is 48.3 Å². The van der Waals surface area contributed by atoms with Gasteiger partial charge in [0.25, 0.3) is 0 Å². The fourth-order valence-corrected chi connectivity index (χ4v) is 5.46. The predicted octanol–water partition coefficient (Wildman–Crippen LogP) is 4.59. The van der Waals surface area contributed by atoms with Crippen LogP contribution in [0.5, 0.6) is 11.6 Å². The Balaban J connectivity index is 1.39. The molecule has 4 atom stereocenters. The lowest BCUT2D eigenvalue weighted by Crippen LogP contribution is -2.59. The van der Waals surface area contributed by atoms with Crippen LogP contribution >= 0.6 is 0 Å². The van der Waals surface area contributed by atoms with Crippen molar-refractivity contribution in [2.75, 3.05) is 7.11 Å². The number of hydrogen-bond acceptors (Lipinski definition) is 7. The quantitative estimate of drug-likeness (QED) is 0.587. The van der Waals surface area contributed by atoms with Crippen molar-refractivity contribution in [3.05, 3.63) is 54.1 Å². The molecule has 2 N–H and O–H groups in total. The number of aromatic nitrogens is 4. The normalized spacial score (nSPS) is 29.4. The van der Waals surface area contributed by atoms with Crippen LogP contribution in [0.2, 0.25) is 0 Å². The lowest BCUT2D eigenvalue weighted by atomic mass is 9.80. The summed E-state index contributed by atoms with van der Waals surface area (Å²) in [6, 6.07) is 8.94. The number of phenolic OH excluding ortho intramolecular Hbond substituents is 1. The van der Waals surface area contributed by atoms with E-state index in [1.807, 2.05) is 19.1 Å². The Morgan fingerprint density at radius 1 is 1.15 bits per heavy atom. The van der Waals surface area contributed by atoms with E-state index in [1.54, 1.807) is 43.8 Å². The number of halogens is 1. The number of aromatic hydroxyl groups is 1. The first kappa shape index (κ1) is 22.4. The molecule has 1 unspecified atom stereocenters. The van der Waals surface area contributed by atoms with Gasteiger partial charge in [-0.2, -0.15) is 0 Å².